The molecule has 0 aliphatic rings. The van der Waals surface area contributed by atoms with Crippen LogP contribution in [0.15, 0.2) is 27.9 Å². The Kier molecular flexibility index (Phi) is 3.58. The molecule has 2 rings (SSSR count). The van der Waals surface area contributed by atoms with Crippen LogP contribution in [0.2, 0.25) is 0 Å². The van der Waals surface area contributed by atoms with Gasteiger partial charge in [-0.05, 0) is 26.0 Å². The standard InChI is InChI=1S/C12H12N2O2S/c1-8-11(9(2)16-14-8)7-17-12-10(6-15)4-3-5-13-12/h3-6H,7H2,1-2H3. The lowest BCUT2D eigenvalue weighted by Gasteiger charge is -2.02. The first-order chi connectivity index (χ1) is 8.22. The SMILES string of the molecule is Cc1noc(C)c1CSc1ncccc1C=O. The average Bonchev–Trinajstić information content (AvgIpc) is 2.67. The lowest BCUT2D eigenvalue weighted by atomic mass is 10.2. The van der Waals surface area contributed by atoms with E-state index in [9.17, 15) is 4.79 Å². The van der Waals surface area contributed by atoms with E-state index in [2.05, 4.69) is 10.1 Å². The molecule has 0 aliphatic carbocycles. The van der Waals surface area contributed by atoms with Crippen LogP contribution in [0.25, 0.3) is 0 Å². The van der Waals surface area contributed by atoms with Crippen LogP contribution in [-0.2, 0) is 5.75 Å². The van der Waals surface area contributed by atoms with Gasteiger partial charge in [0, 0.05) is 23.1 Å². The number of pyridine rings is 1. The first-order valence-electron chi connectivity index (χ1n) is 5.17. The molecule has 0 unspecified atom stereocenters. The van der Waals surface area contributed by atoms with Gasteiger partial charge in [-0.15, -0.1) is 11.8 Å². The van der Waals surface area contributed by atoms with E-state index in [1.807, 2.05) is 13.8 Å². The smallest absolute Gasteiger partial charge is 0.152 e. The fraction of sp³-hybridized carbons (Fsp3) is 0.250. The number of aromatic nitrogens is 2. The highest BCUT2D eigenvalue weighted by molar-refractivity contribution is 7.98. The summed E-state index contributed by atoms with van der Waals surface area (Å²) in [4.78, 5) is 15.0. The summed E-state index contributed by atoms with van der Waals surface area (Å²) in [5, 5.41) is 4.63. The third kappa shape index (κ3) is 2.55. The quantitative estimate of drug-likeness (QED) is 0.615. The second-order valence-corrected chi connectivity index (χ2v) is 4.57. The Bertz CT molecular complexity index is 518. The fourth-order valence-corrected chi connectivity index (χ4v) is 2.57. The summed E-state index contributed by atoms with van der Waals surface area (Å²) in [7, 11) is 0. The molecule has 0 N–H and O–H groups in total. The number of hydrogen-bond donors (Lipinski definition) is 0. The zero-order chi connectivity index (χ0) is 12.3. The van der Waals surface area contributed by atoms with E-state index < -0.39 is 0 Å². The zero-order valence-corrected chi connectivity index (χ0v) is 10.5. The Morgan fingerprint density at radius 1 is 1.47 bits per heavy atom. The number of thioether (sulfide) groups is 1. The lowest BCUT2D eigenvalue weighted by Crippen LogP contribution is -1.91. The van der Waals surface area contributed by atoms with Crippen LogP contribution >= 0.6 is 11.8 Å². The Morgan fingerprint density at radius 3 is 2.94 bits per heavy atom. The van der Waals surface area contributed by atoms with Crippen molar-refractivity contribution < 1.29 is 9.32 Å². The highest BCUT2D eigenvalue weighted by atomic mass is 32.2. The van der Waals surface area contributed by atoms with Crippen molar-refractivity contribution in [3.8, 4) is 0 Å². The highest BCUT2D eigenvalue weighted by Gasteiger charge is 2.11. The van der Waals surface area contributed by atoms with Gasteiger partial charge in [0.05, 0.1) is 5.69 Å². The third-order valence-electron chi connectivity index (χ3n) is 2.46. The van der Waals surface area contributed by atoms with Crippen LogP contribution in [-0.4, -0.2) is 16.4 Å². The van der Waals surface area contributed by atoms with Gasteiger partial charge >= 0.3 is 0 Å². The summed E-state index contributed by atoms with van der Waals surface area (Å²) in [5.74, 6) is 1.53. The van der Waals surface area contributed by atoms with Crippen LogP contribution in [0.3, 0.4) is 0 Å². The molecular weight excluding hydrogens is 236 g/mol. The van der Waals surface area contributed by atoms with Crippen molar-refractivity contribution in [1.29, 1.82) is 0 Å². The van der Waals surface area contributed by atoms with E-state index in [4.69, 9.17) is 4.52 Å². The molecule has 0 spiro atoms. The van der Waals surface area contributed by atoms with Gasteiger partial charge < -0.3 is 4.52 Å². The second kappa shape index (κ2) is 5.14. The maximum Gasteiger partial charge on any atom is 0.152 e. The molecule has 0 aliphatic heterocycles. The lowest BCUT2D eigenvalue weighted by molar-refractivity contribution is 0.112. The van der Waals surface area contributed by atoms with Gasteiger partial charge in [-0.25, -0.2) is 4.98 Å². The van der Waals surface area contributed by atoms with Gasteiger partial charge in [-0.2, -0.15) is 0 Å². The van der Waals surface area contributed by atoms with Crippen LogP contribution < -0.4 is 0 Å². The molecule has 17 heavy (non-hydrogen) atoms. The normalized spacial score (nSPS) is 10.5. The number of carbonyl (C=O) groups is 1. The zero-order valence-electron chi connectivity index (χ0n) is 9.64. The molecule has 2 aromatic rings. The highest BCUT2D eigenvalue weighted by Crippen LogP contribution is 2.26. The number of hydrogen-bond acceptors (Lipinski definition) is 5. The second-order valence-electron chi connectivity index (χ2n) is 3.61. The van der Waals surface area contributed by atoms with E-state index in [1.165, 1.54) is 11.8 Å². The largest absolute Gasteiger partial charge is 0.361 e. The first-order valence-corrected chi connectivity index (χ1v) is 6.15. The topological polar surface area (TPSA) is 56.0 Å². The van der Waals surface area contributed by atoms with E-state index >= 15 is 0 Å². The summed E-state index contributed by atoms with van der Waals surface area (Å²) in [6.45, 7) is 3.79. The van der Waals surface area contributed by atoms with Gasteiger partial charge in [0.15, 0.2) is 6.29 Å². The van der Waals surface area contributed by atoms with Crippen LogP contribution in [0.1, 0.15) is 27.4 Å². The number of carbonyl (C=O) groups excluding carboxylic acids is 1. The maximum absolute atomic E-state index is 10.8. The summed E-state index contributed by atoms with van der Waals surface area (Å²) in [6.07, 6.45) is 2.51. The number of aldehydes is 1. The number of rotatable bonds is 4. The molecule has 5 heteroatoms. The third-order valence-corrected chi connectivity index (χ3v) is 3.51. The predicted octanol–water partition coefficient (Wildman–Crippen LogP) is 2.79. The molecule has 2 aromatic heterocycles. The van der Waals surface area contributed by atoms with E-state index in [0.717, 1.165) is 28.3 Å². The molecule has 0 amide bonds. The monoisotopic (exact) mass is 248 g/mol. The van der Waals surface area contributed by atoms with Crippen molar-refractivity contribution >= 4 is 18.0 Å². The first kappa shape index (κ1) is 11.9. The molecule has 0 atom stereocenters. The fourth-order valence-electron chi connectivity index (χ4n) is 1.46. The summed E-state index contributed by atoms with van der Waals surface area (Å²) in [6, 6.07) is 3.51. The van der Waals surface area contributed by atoms with Crippen molar-refractivity contribution in [2.75, 3.05) is 0 Å². The Hall–Kier alpha value is -1.62. The van der Waals surface area contributed by atoms with Crippen LogP contribution in [0.4, 0.5) is 0 Å². The molecular formula is C12H12N2O2S. The van der Waals surface area contributed by atoms with Crippen molar-refractivity contribution in [3.63, 3.8) is 0 Å². The molecule has 4 nitrogen and oxygen atoms in total. The minimum absolute atomic E-state index is 0.615. The molecule has 0 saturated carbocycles. The molecule has 0 fully saturated rings. The summed E-state index contributed by atoms with van der Waals surface area (Å²) >= 11 is 1.52. The number of nitrogens with zero attached hydrogens (tertiary/aromatic N) is 2. The van der Waals surface area contributed by atoms with Crippen molar-refractivity contribution in [1.82, 2.24) is 10.1 Å². The molecule has 88 valence electrons. The van der Waals surface area contributed by atoms with Gasteiger partial charge in [0.1, 0.15) is 10.8 Å². The number of aryl methyl sites for hydroxylation is 2. The van der Waals surface area contributed by atoms with Crippen LogP contribution in [0, 0.1) is 13.8 Å². The minimum Gasteiger partial charge on any atom is -0.361 e. The van der Waals surface area contributed by atoms with E-state index in [1.54, 1.807) is 18.3 Å². The molecule has 0 saturated heterocycles. The molecule has 0 aromatic carbocycles. The van der Waals surface area contributed by atoms with Gasteiger partial charge in [0.2, 0.25) is 0 Å². The summed E-state index contributed by atoms with van der Waals surface area (Å²) < 4.78 is 5.09. The minimum atomic E-state index is 0.615. The van der Waals surface area contributed by atoms with E-state index in [0.29, 0.717) is 11.3 Å². The maximum atomic E-state index is 10.8. The Morgan fingerprint density at radius 2 is 2.29 bits per heavy atom. The average molecular weight is 248 g/mol. The van der Waals surface area contributed by atoms with Crippen LogP contribution in [0.5, 0.6) is 0 Å². The molecule has 0 bridgehead atoms. The predicted molar refractivity (Wildman–Crippen MR) is 65.2 cm³/mol. The Balaban J connectivity index is 2.15. The van der Waals surface area contributed by atoms with Crippen molar-refractivity contribution in [3.05, 3.63) is 40.9 Å². The molecule has 2 heterocycles. The van der Waals surface area contributed by atoms with Gasteiger partial charge in [-0.3, -0.25) is 4.79 Å². The van der Waals surface area contributed by atoms with Crippen molar-refractivity contribution in [2.45, 2.75) is 24.6 Å². The summed E-state index contributed by atoms with van der Waals surface area (Å²) in [5.41, 5.74) is 2.57. The van der Waals surface area contributed by atoms with Gasteiger partial charge in [0.25, 0.3) is 0 Å². The van der Waals surface area contributed by atoms with Gasteiger partial charge in [-0.1, -0.05) is 5.16 Å². The van der Waals surface area contributed by atoms with Crippen molar-refractivity contribution in [2.24, 2.45) is 0 Å². The Labute approximate surface area is 103 Å². The molecule has 0 radical (unpaired) electrons. The van der Waals surface area contributed by atoms with E-state index in [-0.39, 0.29) is 0 Å².